The number of morpholine rings is 1. The van der Waals surface area contributed by atoms with Gasteiger partial charge in [-0.25, -0.2) is 0 Å². The van der Waals surface area contributed by atoms with Gasteiger partial charge in [0.25, 0.3) is 11.8 Å². The molecule has 150 valence electrons. The summed E-state index contributed by atoms with van der Waals surface area (Å²) in [5.74, 6) is 0.776. The summed E-state index contributed by atoms with van der Waals surface area (Å²) in [6.07, 6.45) is 2.88. The summed E-state index contributed by atoms with van der Waals surface area (Å²) in [5, 5.41) is 7.49. The Balaban J connectivity index is 1.69. The van der Waals surface area contributed by atoms with E-state index in [1.165, 1.54) is 16.2 Å². The predicted octanol–water partition coefficient (Wildman–Crippen LogP) is 3.20. The molecule has 1 saturated heterocycles. The van der Waals surface area contributed by atoms with Crippen molar-refractivity contribution in [3.05, 3.63) is 33.0 Å². The average molecular weight is 404 g/mol. The van der Waals surface area contributed by atoms with E-state index in [9.17, 15) is 9.59 Å². The first-order valence-corrected chi connectivity index (χ1v) is 10.5. The quantitative estimate of drug-likeness (QED) is 0.851. The molecule has 1 aliphatic heterocycles. The molecule has 0 bridgehead atoms. The maximum absolute atomic E-state index is 13.3. The lowest BCUT2D eigenvalue weighted by molar-refractivity contribution is 0.0303. The van der Waals surface area contributed by atoms with Crippen molar-refractivity contribution in [2.24, 2.45) is 5.92 Å². The van der Waals surface area contributed by atoms with Gasteiger partial charge in [-0.2, -0.15) is 0 Å². The molecule has 1 aliphatic carbocycles. The second-order valence-electron chi connectivity index (χ2n) is 7.61. The highest BCUT2D eigenvalue weighted by atomic mass is 32.1. The van der Waals surface area contributed by atoms with E-state index < -0.39 is 0 Å². The molecule has 2 aromatic heterocycles. The van der Waals surface area contributed by atoms with Crippen LogP contribution in [0, 0.1) is 19.8 Å². The number of rotatable bonds is 3. The molecule has 0 radical (unpaired) electrons. The SMILES string of the molecule is Cc1noc(C)c1C(=O)Nc1sc2c(c1C(=O)N1CCOCC1)CCC(C)C2. The number of hydrogen-bond donors (Lipinski definition) is 1. The monoisotopic (exact) mass is 403 g/mol. The molecule has 0 saturated carbocycles. The number of anilines is 1. The summed E-state index contributed by atoms with van der Waals surface area (Å²) in [6, 6.07) is 0. The first-order chi connectivity index (χ1) is 13.5. The van der Waals surface area contributed by atoms with E-state index in [-0.39, 0.29) is 11.8 Å². The van der Waals surface area contributed by atoms with Gasteiger partial charge < -0.3 is 19.5 Å². The van der Waals surface area contributed by atoms with Gasteiger partial charge in [0.15, 0.2) is 0 Å². The maximum atomic E-state index is 13.3. The largest absolute Gasteiger partial charge is 0.378 e. The normalized spacial score (nSPS) is 19.4. The van der Waals surface area contributed by atoms with Gasteiger partial charge in [-0.05, 0) is 44.6 Å². The third-order valence-electron chi connectivity index (χ3n) is 5.51. The van der Waals surface area contributed by atoms with E-state index in [2.05, 4.69) is 17.4 Å². The summed E-state index contributed by atoms with van der Waals surface area (Å²) >= 11 is 1.53. The van der Waals surface area contributed by atoms with Gasteiger partial charge >= 0.3 is 0 Å². The van der Waals surface area contributed by atoms with Crippen LogP contribution in [-0.2, 0) is 17.6 Å². The molecule has 7 nitrogen and oxygen atoms in total. The summed E-state index contributed by atoms with van der Waals surface area (Å²) in [4.78, 5) is 29.3. The van der Waals surface area contributed by atoms with Crippen LogP contribution in [0.4, 0.5) is 5.00 Å². The molecule has 2 amide bonds. The van der Waals surface area contributed by atoms with Gasteiger partial charge in [-0.15, -0.1) is 11.3 Å². The highest BCUT2D eigenvalue weighted by molar-refractivity contribution is 7.17. The zero-order chi connectivity index (χ0) is 19.8. The van der Waals surface area contributed by atoms with Gasteiger partial charge in [0.1, 0.15) is 16.3 Å². The van der Waals surface area contributed by atoms with Crippen LogP contribution < -0.4 is 5.32 Å². The minimum absolute atomic E-state index is 0.00980. The van der Waals surface area contributed by atoms with Crippen molar-refractivity contribution >= 4 is 28.2 Å². The molecule has 1 atom stereocenters. The van der Waals surface area contributed by atoms with E-state index in [1.807, 2.05) is 4.90 Å². The molecule has 0 spiro atoms. The van der Waals surface area contributed by atoms with E-state index in [4.69, 9.17) is 9.26 Å². The number of hydrogen-bond acceptors (Lipinski definition) is 6. The van der Waals surface area contributed by atoms with Crippen molar-refractivity contribution < 1.29 is 18.8 Å². The number of ether oxygens (including phenoxy) is 1. The second kappa shape index (κ2) is 7.67. The van der Waals surface area contributed by atoms with Gasteiger partial charge in [0, 0.05) is 18.0 Å². The number of amides is 2. The Morgan fingerprint density at radius 2 is 1.96 bits per heavy atom. The van der Waals surface area contributed by atoms with Crippen LogP contribution >= 0.6 is 11.3 Å². The Morgan fingerprint density at radius 3 is 2.64 bits per heavy atom. The third kappa shape index (κ3) is 3.46. The minimum Gasteiger partial charge on any atom is -0.378 e. The lowest BCUT2D eigenvalue weighted by Gasteiger charge is -2.28. The van der Waals surface area contributed by atoms with E-state index in [0.717, 1.165) is 24.8 Å². The van der Waals surface area contributed by atoms with Gasteiger partial charge in [0.2, 0.25) is 0 Å². The fourth-order valence-electron chi connectivity index (χ4n) is 3.96. The molecular formula is C20H25N3O4S. The highest BCUT2D eigenvalue weighted by Gasteiger charge is 2.32. The van der Waals surface area contributed by atoms with Crippen LogP contribution in [0.5, 0.6) is 0 Å². The van der Waals surface area contributed by atoms with E-state index in [1.54, 1.807) is 13.8 Å². The van der Waals surface area contributed by atoms with Crippen LogP contribution in [0.25, 0.3) is 0 Å². The predicted molar refractivity (Wildman–Crippen MR) is 106 cm³/mol. The second-order valence-corrected chi connectivity index (χ2v) is 8.72. The van der Waals surface area contributed by atoms with Crippen molar-refractivity contribution in [3.8, 4) is 0 Å². The summed E-state index contributed by atoms with van der Waals surface area (Å²) in [6.45, 7) is 7.95. The molecule has 28 heavy (non-hydrogen) atoms. The number of carbonyl (C=O) groups excluding carboxylic acids is 2. The van der Waals surface area contributed by atoms with Crippen molar-refractivity contribution in [2.45, 2.75) is 40.0 Å². The molecule has 2 aromatic rings. The van der Waals surface area contributed by atoms with Gasteiger partial charge in [-0.1, -0.05) is 12.1 Å². The molecule has 1 unspecified atom stereocenters. The summed E-state index contributed by atoms with van der Waals surface area (Å²) in [5.41, 5.74) is 2.75. The number of carbonyl (C=O) groups is 2. The van der Waals surface area contributed by atoms with Crippen LogP contribution in [0.3, 0.4) is 0 Å². The molecule has 2 aliphatic rings. The number of aromatic nitrogens is 1. The fourth-order valence-corrected chi connectivity index (χ4v) is 5.36. The molecular weight excluding hydrogens is 378 g/mol. The standard InChI is InChI=1S/C20H25N3O4S/c1-11-4-5-14-15(10-11)28-19(17(14)20(25)23-6-8-26-9-7-23)21-18(24)16-12(2)22-27-13(16)3/h11H,4-10H2,1-3H3,(H,21,24). The van der Waals surface area contributed by atoms with Gasteiger partial charge in [0.05, 0.1) is 24.5 Å². The Hall–Kier alpha value is -2.19. The zero-order valence-electron chi connectivity index (χ0n) is 16.5. The maximum Gasteiger partial charge on any atom is 0.261 e. The smallest absolute Gasteiger partial charge is 0.261 e. The first kappa shape index (κ1) is 19.1. The Morgan fingerprint density at radius 1 is 1.21 bits per heavy atom. The first-order valence-electron chi connectivity index (χ1n) is 9.71. The average Bonchev–Trinajstić information content (AvgIpc) is 3.20. The van der Waals surface area contributed by atoms with E-state index in [0.29, 0.717) is 59.8 Å². The molecule has 4 rings (SSSR count). The summed E-state index contributed by atoms with van der Waals surface area (Å²) in [7, 11) is 0. The lowest BCUT2D eigenvalue weighted by Crippen LogP contribution is -2.41. The number of aryl methyl sites for hydroxylation is 2. The molecule has 0 aromatic carbocycles. The number of nitrogens with one attached hydrogen (secondary N) is 1. The summed E-state index contributed by atoms with van der Waals surface area (Å²) < 4.78 is 10.5. The number of fused-ring (bicyclic) bond motifs is 1. The third-order valence-corrected chi connectivity index (χ3v) is 6.68. The van der Waals surface area contributed by atoms with Crippen molar-refractivity contribution in [1.29, 1.82) is 0 Å². The Bertz CT molecular complexity index is 891. The Kier molecular flexibility index (Phi) is 5.25. The van der Waals surface area contributed by atoms with Crippen molar-refractivity contribution in [2.75, 3.05) is 31.6 Å². The number of nitrogens with zero attached hydrogens (tertiary/aromatic N) is 2. The van der Waals surface area contributed by atoms with Crippen LogP contribution in [0.15, 0.2) is 4.52 Å². The molecule has 3 heterocycles. The molecule has 8 heteroatoms. The zero-order valence-corrected chi connectivity index (χ0v) is 17.3. The van der Waals surface area contributed by atoms with Crippen LogP contribution in [0.1, 0.15) is 56.0 Å². The minimum atomic E-state index is -0.279. The van der Waals surface area contributed by atoms with Gasteiger partial charge in [-0.3, -0.25) is 9.59 Å². The van der Waals surface area contributed by atoms with Crippen LogP contribution in [0.2, 0.25) is 0 Å². The molecule has 1 N–H and O–H groups in total. The van der Waals surface area contributed by atoms with Crippen molar-refractivity contribution in [1.82, 2.24) is 10.1 Å². The topological polar surface area (TPSA) is 84.7 Å². The molecule has 1 fully saturated rings. The van der Waals surface area contributed by atoms with Crippen molar-refractivity contribution in [3.63, 3.8) is 0 Å². The van der Waals surface area contributed by atoms with Crippen LogP contribution in [-0.4, -0.2) is 48.2 Å². The lowest BCUT2D eigenvalue weighted by atomic mass is 9.88. The van der Waals surface area contributed by atoms with E-state index >= 15 is 0 Å². The highest BCUT2D eigenvalue weighted by Crippen LogP contribution is 2.40. The number of thiophene rings is 1. The Labute approximate surface area is 168 Å². The fraction of sp³-hybridized carbons (Fsp3) is 0.550.